The molecule has 0 aromatic carbocycles. The van der Waals surface area contributed by atoms with E-state index in [2.05, 4.69) is 34.6 Å². The van der Waals surface area contributed by atoms with Crippen molar-refractivity contribution in [2.24, 2.45) is 0 Å². The molecule has 0 radical (unpaired) electrons. The maximum atomic E-state index is 9.49. The molecule has 3 nitrogen and oxygen atoms in total. The minimum absolute atomic E-state index is 0. The third-order valence-corrected chi connectivity index (χ3v) is 1.30. The second kappa shape index (κ2) is 8.08. The molecule has 4 heteroatoms. The Kier molecular flexibility index (Phi) is 11.4. The lowest BCUT2D eigenvalue weighted by Gasteiger charge is -2.20. The van der Waals surface area contributed by atoms with Gasteiger partial charge in [-0.2, -0.15) is 0 Å². The zero-order chi connectivity index (χ0) is 10.4. The van der Waals surface area contributed by atoms with E-state index in [9.17, 15) is 9.90 Å². The molecule has 0 aliphatic heterocycles. The summed E-state index contributed by atoms with van der Waals surface area (Å²) < 4.78 is 1.07. The van der Waals surface area contributed by atoms with Crippen LogP contribution >= 0.6 is 0 Å². The van der Waals surface area contributed by atoms with E-state index in [1.54, 1.807) is 0 Å². The van der Waals surface area contributed by atoms with Crippen molar-refractivity contribution in [1.82, 2.24) is 0 Å². The summed E-state index contributed by atoms with van der Waals surface area (Å²) in [6.45, 7) is 7.87. The molecule has 0 saturated carbocycles. The average molecular weight is 209 g/mol. The van der Waals surface area contributed by atoms with Gasteiger partial charge in [-0.05, 0) is 19.4 Å². The van der Waals surface area contributed by atoms with Crippen LogP contribution in [0.25, 0.3) is 0 Å². The van der Waals surface area contributed by atoms with E-state index in [-0.39, 0.29) is 18.0 Å². The highest BCUT2D eigenvalue weighted by Gasteiger charge is 1.97. The van der Waals surface area contributed by atoms with Gasteiger partial charge in [-0.1, -0.05) is 6.58 Å². The lowest BCUT2D eigenvalue weighted by atomic mass is 10.4. The maximum absolute atomic E-state index is 9.49. The van der Waals surface area contributed by atoms with Crippen molar-refractivity contribution < 1.29 is 26.8 Å². The second-order valence-electron chi connectivity index (χ2n) is 3.67. The molecule has 0 rings (SSSR count). The van der Waals surface area contributed by atoms with Gasteiger partial charge in [0.15, 0.2) is 0 Å². The molecule has 0 amide bonds. The number of carbonyl (C=O) groups is 1. The number of nitrogens with zero attached hydrogens (tertiary/aromatic N) is 1. The number of carboxylic acid groups (broad SMARTS) is 1. The molecule has 0 aliphatic rings. The summed E-state index contributed by atoms with van der Waals surface area (Å²) in [7, 11) is 6.54. The van der Waals surface area contributed by atoms with Crippen molar-refractivity contribution in [1.29, 1.82) is 0 Å². The number of halogens is 1. The number of aliphatic carboxylic acids is 1. The topological polar surface area (TPSA) is 40.1 Å². The number of carbonyl (C=O) groups excluding carboxylic acids is 1. The van der Waals surface area contributed by atoms with E-state index < -0.39 is 5.97 Å². The van der Waals surface area contributed by atoms with Gasteiger partial charge in [0.1, 0.15) is 0 Å². The number of quaternary nitrogens is 1. The third-order valence-electron chi connectivity index (χ3n) is 1.30. The zero-order valence-corrected chi connectivity index (χ0v) is 9.81. The number of hydrogen-bond acceptors (Lipinski definition) is 2. The molecule has 0 saturated heterocycles. The van der Waals surface area contributed by atoms with Crippen molar-refractivity contribution in [3.8, 4) is 0 Å². The normalized spacial score (nSPS) is 9.00. The van der Waals surface area contributed by atoms with Gasteiger partial charge < -0.3 is 26.8 Å². The smallest absolute Gasteiger partial charge is 0.0751 e. The fourth-order valence-corrected chi connectivity index (χ4v) is 0. The second-order valence-corrected chi connectivity index (χ2v) is 3.67. The van der Waals surface area contributed by atoms with Crippen LogP contribution in [0.1, 0.15) is 13.8 Å². The fraction of sp³-hybridized carbons (Fsp3) is 0.667. The van der Waals surface area contributed by atoms with Crippen LogP contribution in [0, 0.1) is 0 Å². The molecule has 0 fully saturated rings. The van der Waals surface area contributed by atoms with E-state index in [0.717, 1.165) is 4.48 Å². The minimum Gasteiger partial charge on any atom is -1.00 e. The molecule has 0 N–H and O–H groups in total. The van der Waals surface area contributed by atoms with Gasteiger partial charge in [0.05, 0.1) is 33.7 Å². The highest BCUT2D eigenvalue weighted by molar-refractivity contribution is 5.82. The quantitative estimate of drug-likeness (QED) is 0.359. The third kappa shape index (κ3) is 24.6. The van der Waals surface area contributed by atoms with Crippen LogP contribution in [0.4, 0.5) is 0 Å². The molecule has 0 unspecified atom stereocenters. The van der Waals surface area contributed by atoms with Gasteiger partial charge >= 0.3 is 0 Å². The Bertz CT molecular complexity index is 149. The first-order valence-corrected chi connectivity index (χ1v) is 3.88. The highest BCUT2D eigenvalue weighted by Crippen LogP contribution is 1.83. The fourth-order valence-electron chi connectivity index (χ4n) is 0. The number of carboxylic acids is 1. The van der Waals surface area contributed by atoms with E-state index in [1.165, 1.54) is 13.5 Å². The Morgan fingerprint density at radius 3 is 1.54 bits per heavy atom. The Balaban J connectivity index is -0.000000143. The van der Waals surface area contributed by atoms with Gasteiger partial charge in [0.2, 0.25) is 0 Å². The summed E-state index contributed by atoms with van der Waals surface area (Å²) in [5, 5.41) is 9.49. The first kappa shape index (κ1) is 18.3. The monoisotopic (exact) mass is 208 g/mol. The predicted molar refractivity (Wildman–Crippen MR) is 48.4 cm³/mol. The summed E-state index contributed by atoms with van der Waals surface area (Å²) in [6.07, 6.45) is 0. The van der Waals surface area contributed by atoms with Gasteiger partial charge in [0, 0.05) is 0 Å². The summed E-state index contributed by atoms with van der Waals surface area (Å²) in [4.78, 5) is 9.49. The summed E-state index contributed by atoms with van der Waals surface area (Å²) in [6, 6.07) is 0. The van der Waals surface area contributed by atoms with E-state index in [4.69, 9.17) is 0 Å². The SMILES string of the molecule is C=C(C)C(=O)[O-].CC[N+](C)(C)C.[Cl-]. The van der Waals surface area contributed by atoms with Crippen LogP contribution < -0.4 is 17.5 Å². The lowest BCUT2D eigenvalue weighted by Crippen LogP contribution is -3.00. The van der Waals surface area contributed by atoms with Crippen LogP contribution in [-0.4, -0.2) is 38.1 Å². The molecule has 80 valence electrons. The molecule has 0 bridgehead atoms. The van der Waals surface area contributed by atoms with Crippen molar-refractivity contribution >= 4 is 5.97 Å². The maximum Gasteiger partial charge on any atom is 0.0751 e. The molecular formula is C9H19ClNO2-. The largest absolute Gasteiger partial charge is 1.00 e. The van der Waals surface area contributed by atoms with Crippen molar-refractivity contribution in [2.75, 3.05) is 27.7 Å². The molecule has 0 aliphatic carbocycles. The van der Waals surface area contributed by atoms with Gasteiger partial charge in [-0.3, -0.25) is 0 Å². The van der Waals surface area contributed by atoms with E-state index in [0.29, 0.717) is 0 Å². The molecule has 0 spiro atoms. The Hall–Kier alpha value is -0.540. The Labute approximate surface area is 87.1 Å². The molecule has 0 atom stereocenters. The van der Waals surface area contributed by atoms with Crippen LogP contribution in [0.3, 0.4) is 0 Å². The molecule has 13 heavy (non-hydrogen) atoms. The molecule has 0 aromatic heterocycles. The van der Waals surface area contributed by atoms with Crippen LogP contribution in [0.5, 0.6) is 0 Å². The molecular weight excluding hydrogens is 190 g/mol. The predicted octanol–water partition coefficient (Wildman–Crippen LogP) is -2.97. The van der Waals surface area contributed by atoms with Crippen LogP contribution in [0.2, 0.25) is 0 Å². The van der Waals surface area contributed by atoms with Crippen LogP contribution in [-0.2, 0) is 4.79 Å². The molecule has 0 heterocycles. The van der Waals surface area contributed by atoms with Crippen molar-refractivity contribution in [3.63, 3.8) is 0 Å². The van der Waals surface area contributed by atoms with E-state index in [1.807, 2.05) is 0 Å². The molecule has 0 aromatic rings. The summed E-state index contributed by atoms with van der Waals surface area (Å²) in [5.41, 5.74) is 0.0648. The van der Waals surface area contributed by atoms with Crippen LogP contribution in [0.15, 0.2) is 12.2 Å². The number of hydrogen-bond donors (Lipinski definition) is 0. The lowest BCUT2D eigenvalue weighted by molar-refractivity contribution is -0.868. The standard InChI is InChI=1S/C5H14N.C4H6O2.ClH/c1-5-6(2,3)4;1-3(2)4(5)6;/h5H2,1-4H3;1H2,2H3,(H,5,6);1H/q+1;;/p-2. The minimum atomic E-state index is -1.19. The van der Waals surface area contributed by atoms with Gasteiger partial charge in [-0.15, -0.1) is 0 Å². The van der Waals surface area contributed by atoms with Gasteiger partial charge in [-0.25, -0.2) is 0 Å². The van der Waals surface area contributed by atoms with E-state index >= 15 is 0 Å². The Morgan fingerprint density at radius 2 is 1.54 bits per heavy atom. The zero-order valence-electron chi connectivity index (χ0n) is 9.06. The average Bonchev–Trinajstić information content (AvgIpc) is 1.87. The summed E-state index contributed by atoms with van der Waals surface area (Å²) in [5.74, 6) is -1.19. The Morgan fingerprint density at radius 1 is 1.38 bits per heavy atom. The first-order valence-electron chi connectivity index (χ1n) is 3.88. The number of rotatable bonds is 2. The van der Waals surface area contributed by atoms with Crippen molar-refractivity contribution in [3.05, 3.63) is 12.2 Å². The first-order chi connectivity index (χ1) is 5.20. The highest BCUT2D eigenvalue weighted by atomic mass is 35.5. The van der Waals surface area contributed by atoms with Crippen molar-refractivity contribution in [2.45, 2.75) is 13.8 Å². The summed E-state index contributed by atoms with van der Waals surface area (Å²) >= 11 is 0. The van der Waals surface area contributed by atoms with Gasteiger partial charge in [0.25, 0.3) is 0 Å².